The molecule has 1 N–H and O–H groups in total. The Labute approximate surface area is 214 Å². The zero-order valence-corrected chi connectivity index (χ0v) is 21.5. The molecular weight excluding hydrogens is 475 g/mol. The van der Waals surface area contributed by atoms with Crippen molar-refractivity contribution in [1.29, 1.82) is 0 Å². The van der Waals surface area contributed by atoms with Gasteiger partial charge in [-0.1, -0.05) is 6.07 Å². The van der Waals surface area contributed by atoms with Crippen LogP contribution >= 0.6 is 0 Å². The number of amides is 2. The number of ether oxygens (including phenoxy) is 1. The van der Waals surface area contributed by atoms with Gasteiger partial charge in [-0.05, 0) is 49.4 Å². The standard InChI is InChI=1S/C27H31FN6O3/c1-17-13-19(21(28)15-23(17)30-26(35)33-9-7-31(2)8-10-33)18-5-6-22-20(14-18)25-24(16-29-22)32(3)27(36)34(25)11-12-37-4/h5-6,13-16H,7-12H2,1-4H3,(H,30,35). The lowest BCUT2D eigenvalue weighted by molar-refractivity contribution is 0.164. The molecule has 194 valence electrons. The summed E-state index contributed by atoms with van der Waals surface area (Å²) in [6.07, 6.45) is 1.69. The number of fused-ring (bicyclic) bond motifs is 3. The second-order valence-corrected chi connectivity index (χ2v) is 9.58. The summed E-state index contributed by atoms with van der Waals surface area (Å²) in [5.74, 6) is -0.441. The van der Waals surface area contributed by atoms with Crippen molar-refractivity contribution in [2.75, 3.05) is 52.3 Å². The van der Waals surface area contributed by atoms with Crippen molar-refractivity contribution in [2.45, 2.75) is 13.5 Å². The van der Waals surface area contributed by atoms with Crippen LogP contribution in [0, 0.1) is 12.7 Å². The summed E-state index contributed by atoms with van der Waals surface area (Å²) in [4.78, 5) is 34.1. The maximum absolute atomic E-state index is 15.4. The number of piperazine rings is 1. The first-order valence-electron chi connectivity index (χ1n) is 12.3. The number of benzene rings is 2. The summed E-state index contributed by atoms with van der Waals surface area (Å²) >= 11 is 0. The highest BCUT2D eigenvalue weighted by Gasteiger charge is 2.21. The maximum atomic E-state index is 15.4. The average Bonchev–Trinajstić information content (AvgIpc) is 3.14. The predicted molar refractivity (Wildman–Crippen MR) is 143 cm³/mol. The van der Waals surface area contributed by atoms with Crippen LogP contribution in [0.1, 0.15) is 5.56 Å². The van der Waals surface area contributed by atoms with E-state index in [9.17, 15) is 9.59 Å². The van der Waals surface area contributed by atoms with Gasteiger partial charge in [0.1, 0.15) is 5.82 Å². The van der Waals surface area contributed by atoms with Gasteiger partial charge in [0.2, 0.25) is 0 Å². The molecule has 2 aromatic carbocycles. The van der Waals surface area contributed by atoms with Gasteiger partial charge in [0.05, 0.1) is 35.9 Å². The van der Waals surface area contributed by atoms with Crippen molar-refractivity contribution in [3.05, 3.63) is 58.4 Å². The monoisotopic (exact) mass is 506 g/mol. The molecule has 9 nitrogen and oxygen atoms in total. The maximum Gasteiger partial charge on any atom is 0.328 e. The molecule has 1 fully saturated rings. The Morgan fingerprint density at radius 1 is 1.14 bits per heavy atom. The highest BCUT2D eigenvalue weighted by Crippen LogP contribution is 2.32. The number of hydrogen-bond acceptors (Lipinski definition) is 5. The molecule has 37 heavy (non-hydrogen) atoms. The fraction of sp³-hybridized carbons (Fsp3) is 0.370. The number of nitrogens with zero attached hydrogens (tertiary/aromatic N) is 5. The molecule has 2 amide bonds. The van der Waals surface area contributed by atoms with E-state index >= 15 is 4.39 Å². The van der Waals surface area contributed by atoms with Gasteiger partial charge in [-0.15, -0.1) is 0 Å². The lowest BCUT2D eigenvalue weighted by atomic mass is 9.99. The van der Waals surface area contributed by atoms with Crippen molar-refractivity contribution >= 4 is 33.7 Å². The Hall–Kier alpha value is -3.76. The molecule has 0 aliphatic carbocycles. The molecule has 1 aliphatic rings. The number of aromatic nitrogens is 3. The molecule has 1 saturated heterocycles. The number of pyridine rings is 1. The van der Waals surface area contributed by atoms with E-state index in [-0.39, 0.29) is 11.7 Å². The van der Waals surface area contributed by atoms with Gasteiger partial charge < -0.3 is 19.9 Å². The van der Waals surface area contributed by atoms with Crippen LogP contribution in [0.3, 0.4) is 0 Å². The van der Waals surface area contributed by atoms with Crippen molar-refractivity contribution in [3.8, 4) is 11.1 Å². The molecule has 0 saturated carbocycles. The Morgan fingerprint density at radius 3 is 2.62 bits per heavy atom. The van der Waals surface area contributed by atoms with Gasteiger partial charge in [-0.2, -0.15) is 0 Å². The summed E-state index contributed by atoms with van der Waals surface area (Å²) in [5, 5.41) is 3.63. The van der Waals surface area contributed by atoms with Crippen molar-refractivity contribution in [3.63, 3.8) is 0 Å². The lowest BCUT2D eigenvalue weighted by Crippen LogP contribution is -2.48. The number of aryl methyl sites for hydroxylation is 2. The summed E-state index contributed by atoms with van der Waals surface area (Å²) in [6, 6.07) is 8.42. The molecule has 3 heterocycles. The van der Waals surface area contributed by atoms with Crippen LogP contribution in [0.4, 0.5) is 14.9 Å². The molecular formula is C27H31FN6O3. The summed E-state index contributed by atoms with van der Waals surface area (Å²) in [5.41, 5.74) is 4.27. The van der Waals surface area contributed by atoms with E-state index in [0.29, 0.717) is 54.1 Å². The smallest absolute Gasteiger partial charge is 0.328 e. The number of methoxy groups -OCH3 is 1. The number of hydrogen-bond donors (Lipinski definition) is 1. The van der Waals surface area contributed by atoms with E-state index in [1.807, 2.05) is 32.2 Å². The first-order valence-corrected chi connectivity index (χ1v) is 12.3. The highest BCUT2D eigenvalue weighted by atomic mass is 19.1. The van der Waals surface area contributed by atoms with Gasteiger partial charge in [-0.25, -0.2) is 14.0 Å². The minimum Gasteiger partial charge on any atom is -0.383 e. The molecule has 5 rings (SSSR count). The minimum absolute atomic E-state index is 0.158. The zero-order valence-electron chi connectivity index (χ0n) is 21.5. The lowest BCUT2D eigenvalue weighted by Gasteiger charge is -2.32. The van der Waals surface area contributed by atoms with Crippen LogP contribution in [-0.4, -0.2) is 76.9 Å². The second kappa shape index (κ2) is 9.95. The van der Waals surface area contributed by atoms with Crippen molar-refractivity contribution in [1.82, 2.24) is 23.9 Å². The fourth-order valence-corrected chi connectivity index (χ4v) is 4.88. The van der Waals surface area contributed by atoms with E-state index in [4.69, 9.17) is 4.74 Å². The number of rotatable bonds is 5. The van der Waals surface area contributed by atoms with E-state index in [0.717, 1.165) is 29.6 Å². The molecule has 1 aliphatic heterocycles. The quantitative estimate of drug-likeness (QED) is 0.448. The Morgan fingerprint density at radius 2 is 1.89 bits per heavy atom. The van der Waals surface area contributed by atoms with Gasteiger partial charge in [0, 0.05) is 57.0 Å². The normalized spacial score (nSPS) is 14.6. The van der Waals surface area contributed by atoms with Crippen LogP contribution in [0.2, 0.25) is 0 Å². The Bertz CT molecular complexity index is 1550. The highest BCUT2D eigenvalue weighted by molar-refractivity contribution is 6.04. The van der Waals surface area contributed by atoms with Crippen LogP contribution in [0.5, 0.6) is 0 Å². The van der Waals surface area contributed by atoms with Gasteiger partial charge in [0.15, 0.2) is 0 Å². The number of imidazole rings is 1. The van der Waals surface area contributed by atoms with Gasteiger partial charge >= 0.3 is 11.7 Å². The third-order valence-corrected chi connectivity index (χ3v) is 7.15. The number of carbonyl (C=O) groups is 1. The third-order valence-electron chi connectivity index (χ3n) is 7.15. The number of halogens is 1. The van der Waals surface area contributed by atoms with Gasteiger partial charge in [0.25, 0.3) is 0 Å². The first-order chi connectivity index (χ1) is 17.8. The van der Waals surface area contributed by atoms with Crippen LogP contribution in [-0.2, 0) is 18.3 Å². The van der Waals surface area contributed by atoms with Crippen molar-refractivity contribution < 1.29 is 13.9 Å². The molecule has 10 heteroatoms. The number of nitrogens with one attached hydrogen (secondary N) is 1. The molecule has 2 aromatic heterocycles. The Balaban J connectivity index is 1.52. The van der Waals surface area contributed by atoms with Gasteiger partial charge in [-0.3, -0.25) is 14.1 Å². The minimum atomic E-state index is -0.441. The van der Waals surface area contributed by atoms with Crippen LogP contribution in [0.15, 0.2) is 41.3 Å². The molecule has 0 bridgehead atoms. The first kappa shape index (κ1) is 24.9. The number of carbonyl (C=O) groups excluding carboxylic acids is 1. The third kappa shape index (κ3) is 4.58. The molecule has 0 radical (unpaired) electrons. The Kier molecular flexibility index (Phi) is 6.70. The van der Waals surface area contributed by atoms with E-state index in [1.165, 1.54) is 6.07 Å². The SMILES string of the molecule is COCCn1c(=O)n(C)c2cnc3ccc(-c4cc(C)c(NC(=O)N5CCN(C)CC5)cc4F)cc3c21. The summed E-state index contributed by atoms with van der Waals surface area (Å²) < 4.78 is 23.9. The van der Waals surface area contributed by atoms with Crippen LogP contribution < -0.4 is 11.0 Å². The molecule has 4 aromatic rings. The molecule has 0 unspecified atom stereocenters. The summed E-state index contributed by atoms with van der Waals surface area (Å²) in [6.45, 7) is 5.52. The van der Waals surface area contributed by atoms with E-state index in [1.54, 1.807) is 40.5 Å². The number of anilines is 1. The largest absolute Gasteiger partial charge is 0.383 e. The molecule has 0 spiro atoms. The number of likely N-dealkylation sites (N-methyl/N-ethyl adjacent to an activating group) is 1. The fourth-order valence-electron chi connectivity index (χ4n) is 4.88. The molecule has 0 atom stereocenters. The van der Waals surface area contributed by atoms with Crippen LogP contribution in [0.25, 0.3) is 33.1 Å². The second-order valence-electron chi connectivity index (χ2n) is 9.58. The van der Waals surface area contributed by atoms with E-state index in [2.05, 4.69) is 15.2 Å². The zero-order chi connectivity index (χ0) is 26.3. The topological polar surface area (TPSA) is 84.6 Å². The number of urea groups is 1. The average molecular weight is 507 g/mol. The van der Waals surface area contributed by atoms with Crippen molar-refractivity contribution in [2.24, 2.45) is 7.05 Å². The summed E-state index contributed by atoms with van der Waals surface area (Å²) in [7, 11) is 5.33. The predicted octanol–water partition coefficient (Wildman–Crippen LogP) is 3.43. The van der Waals surface area contributed by atoms with E-state index < -0.39 is 5.82 Å².